The van der Waals surface area contributed by atoms with E-state index in [0.29, 0.717) is 11.4 Å². The molecule has 5 heteroatoms. The van der Waals surface area contributed by atoms with Gasteiger partial charge in [-0.1, -0.05) is 6.07 Å². The molecule has 90 valence electrons. The highest BCUT2D eigenvalue weighted by Gasteiger charge is 2.06. The van der Waals surface area contributed by atoms with E-state index in [-0.39, 0.29) is 5.56 Å². The summed E-state index contributed by atoms with van der Waals surface area (Å²) in [4.78, 5) is 15.7. The van der Waals surface area contributed by atoms with Crippen LogP contribution in [0.5, 0.6) is 0 Å². The summed E-state index contributed by atoms with van der Waals surface area (Å²) in [5.41, 5.74) is 8.77. The first-order valence-electron chi connectivity index (χ1n) is 5.45. The Bertz CT molecular complexity index is 786. The number of nitrogen functional groups attached to an aromatic ring is 1. The molecule has 2 aromatic heterocycles. The minimum Gasteiger partial charge on any atom is -0.443 e. The number of aromatic nitrogens is 2. The Morgan fingerprint density at radius 3 is 2.83 bits per heavy atom. The van der Waals surface area contributed by atoms with Gasteiger partial charge in [-0.05, 0) is 29.3 Å². The molecule has 0 bridgehead atoms. The van der Waals surface area contributed by atoms with Gasteiger partial charge in [0.2, 0.25) is 0 Å². The average Bonchev–Trinajstić information content (AvgIpc) is 2.82. The van der Waals surface area contributed by atoms with Crippen molar-refractivity contribution in [2.75, 3.05) is 5.73 Å². The van der Waals surface area contributed by atoms with Gasteiger partial charge in [0, 0.05) is 13.1 Å². The number of anilines is 1. The number of oxazole rings is 1. The van der Waals surface area contributed by atoms with Gasteiger partial charge in [0.1, 0.15) is 11.3 Å². The van der Waals surface area contributed by atoms with Gasteiger partial charge in [-0.15, -0.1) is 0 Å². The number of nitrogens with two attached hydrogens (primary N) is 1. The number of hydrogen-bond acceptors (Lipinski definition) is 4. The Hall–Kier alpha value is -2.56. The van der Waals surface area contributed by atoms with Crippen LogP contribution in [0.2, 0.25) is 0 Å². The molecule has 0 amide bonds. The van der Waals surface area contributed by atoms with Gasteiger partial charge in [0.25, 0.3) is 5.56 Å². The van der Waals surface area contributed by atoms with Gasteiger partial charge in [-0.2, -0.15) is 0 Å². The zero-order valence-corrected chi connectivity index (χ0v) is 9.75. The molecule has 0 saturated carbocycles. The molecule has 0 aliphatic heterocycles. The molecule has 0 unspecified atom stereocenters. The first-order chi connectivity index (χ1) is 8.65. The molecule has 0 radical (unpaired) electrons. The van der Waals surface area contributed by atoms with Crippen LogP contribution in [-0.2, 0) is 7.05 Å². The number of benzene rings is 1. The molecule has 5 nitrogen and oxygen atoms in total. The van der Waals surface area contributed by atoms with E-state index >= 15 is 0 Å². The normalized spacial score (nSPS) is 10.9. The topological polar surface area (TPSA) is 74.1 Å². The zero-order valence-electron chi connectivity index (χ0n) is 9.75. The summed E-state index contributed by atoms with van der Waals surface area (Å²) >= 11 is 0. The molecule has 0 saturated heterocycles. The maximum Gasteiger partial charge on any atom is 0.252 e. The van der Waals surface area contributed by atoms with Crippen molar-refractivity contribution < 1.29 is 4.42 Å². The predicted molar refractivity (Wildman–Crippen MR) is 69.1 cm³/mol. The Morgan fingerprint density at radius 1 is 1.22 bits per heavy atom. The van der Waals surface area contributed by atoms with Crippen LogP contribution in [0.25, 0.3) is 22.2 Å². The van der Waals surface area contributed by atoms with E-state index in [2.05, 4.69) is 4.98 Å². The van der Waals surface area contributed by atoms with Crippen molar-refractivity contribution in [3.63, 3.8) is 0 Å². The molecular formula is C13H11N3O2. The van der Waals surface area contributed by atoms with Crippen LogP contribution >= 0.6 is 0 Å². The third-order valence-electron chi connectivity index (χ3n) is 2.96. The minimum atomic E-state index is -0.136. The Morgan fingerprint density at radius 2 is 2.06 bits per heavy atom. The molecule has 1 aromatic carbocycles. The van der Waals surface area contributed by atoms with Crippen LogP contribution in [0, 0.1) is 0 Å². The van der Waals surface area contributed by atoms with Gasteiger partial charge >= 0.3 is 0 Å². The third kappa shape index (κ3) is 1.57. The Balaban J connectivity index is 2.22. The first-order valence-corrected chi connectivity index (χ1v) is 5.45. The highest BCUT2D eigenvalue weighted by Crippen LogP contribution is 2.23. The number of fused-ring (bicyclic) bond motifs is 1. The Kier molecular flexibility index (Phi) is 2.19. The fourth-order valence-corrected chi connectivity index (χ4v) is 1.86. The summed E-state index contributed by atoms with van der Waals surface area (Å²) in [6, 6.07) is 8.89. The molecule has 18 heavy (non-hydrogen) atoms. The van der Waals surface area contributed by atoms with Crippen molar-refractivity contribution in [1.82, 2.24) is 9.55 Å². The molecule has 3 aromatic rings. The fraction of sp³-hybridized carbons (Fsp3) is 0.0769. The molecule has 0 fully saturated rings. The van der Waals surface area contributed by atoms with E-state index in [1.807, 2.05) is 18.2 Å². The SMILES string of the molecule is Cn1c(N)cc(-c2ccc3ncoc3c2)cc1=O. The molecule has 0 aliphatic carbocycles. The molecule has 0 atom stereocenters. The van der Waals surface area contributed by atoms with Crippen molar-refractivity contribution >= 4 is 16.9 Å². The minimum absolute atomic E-state index is 0.136. The second-order valence-corrected chi connectivity index (χ2v) is 4.10. The molecule has 3 rings (SSSR count). The van der Waals surface area contributed by atoms with E-state index in [9.17, 15) is 4.79 Å². The predicted octanol–water partition coefficient (Wildman–Crippen LogP) is 1.78. The summed E-state index contributed by atoms with van der Waals surface area (Å²) in [5.74, 6) is 0.426. The lowest BCUT2D eigenvalue weighted by molar-refractivity contribution is 0.602. The van der Waals surface area contributed by atoms with Crippen LogP contribution in [0.3, 0.4) is 0 Å². The van der Waals surface area contributed by atoms with E-state index in [1.165, 1.54) is 11.0 Å². The van der Waals surface area contributed by atoms with Crippen LogP contribution < -0.4 is 11.3 Å². The van der Waals surface area contributed by atoms with E-state index in [1.54, 1.807) is 19.2 Å². The molecule has 0 aliphatic rings. The van der Waals surface area contributed by atoms with Gasteiger partial charge < -0.3 is 10.2 Å². The average molecular weight is 241 g/mol. The van der Waals surface area contributed by atoms with Gasteiger partial charge in [-0.3, -0.25) is 9.36 Å². The lowest BCUT2D eigenvalue weighted by Crippen LogP contribution is -2.18. The maximum absolute atomic E-state index is 11.7. The fourth-order valence-electron chi connectivity index (χ4n) is 1.86. The smallest absolute Gasteiger partial charge is 0.252 e. The standard InChI is InChI=1S/C13H11N3O2/c1-16-12(14)5-9(6-13(16)17)8-2-3-10-11(4-8)18-7-15-10/h2-7H,14H2,1H3. The number of hydrogen-bond donors (Lipinski definition) is 1. The summed E-state index contributed by atoms with van der Waals surface area (Å²) in [5, 5.41) is 0. The van der Waals surface area contributed by atoms with Crippen molar-refractivity contribution in [2.45, 2.75) is 0 Å². The molecular weight excluding hydrogens is 230 g/mol. The highest BCUT2D eigenvalue weighted by atomic mass is 16.3. The number of pyridine rings is 1. The summed E-state index contributed by atoms with van der Waals surface area (Å²) < 4.78 is 6.64. The van der Waals surface area contributed by atoms with Crippen LogP contribution in [-0.4, -0.2) is 9.55 Å². The second-order valence-electron chi connectivity index (χ2n) is 4.10. The summed E-state index contributed by atoms with van der Waals surface area (Å²) in [6.07, 6.45) is 1.40. The quantitative estimate of drug-likeness (QED) is 0.704. The monoisotopic (exact) mass is 241 g/mol. The largest absolute Gasteiger partial charge is 0.443 e. The van der Waals surface area contributed by atoms with Gasteiger partial charge in [0.15, 0.2) is 12.0 Å². The van der Waals surface area contributed by atoms with Crippen LogP contribution in [0.4, 0.5) is 5.82 Å². The van der Waals surface area contributed by atoms with E-state index in [4.69, 9.17) is 10.2 Å². The zero-order chi connectivity index (χ0) is 12.7. The van der Waals surface area contributed by atoms with E-state index in [0.717, 1.165) is 16.6 Å². The van der Waals surface area contributed by atoms with Crippen molar-refractivity contribution in [1.29, 1.82) is 0 Å². The number of nitrogens with zero attached hydrogens (tertiary/aromatic N) is 2. The van der Waals surface area contributed by atoms with Crippen molar-refractivity contribution in [3.8, 4) is 11.1 Å². The number of rotatable bonds is 1. The van der Waals surface area contributed by atoms with Crippen molar-refractivity contribution in [3.05, 3.63) is 47.1 Å². The first kappa shape index (κ1) is 10.6. The van der Waals surface area contributed by atoms with Gasteiger partial charge in [0.05, 0.1) is 0 Å². The Labute approximate surface area is 102 Å². The van der Waals surface area contributed by atoms with Crippen LogP contribution in [0.1, 0.15) is 0 Å². The van der Waals surface area contributed by atoms with Crippen molar-refractivity contribution in [2.24, 2.45) is 7.05 Å². The summed E-state index contributed by atoms with van der Waals surface area (Å²) in [7, 11) is 1.64. The molecule has 0 spiro atoms. The summed E-state index contributed by atoms with van der Waals surface area (Å²) in [6.45, 7) is 0. The third-order valence-corrected chi connectivity index (χ3v) is 2.96. The highest BCUT2D eigenvalue weighted by molar-refractivity contribution is 5.80. The molecule has 2 heterocycles. The lowest BCUT2D eigenvalue weighted by atomic mass is 10.1. The second kappa shape index (κ2) is 3.73. The van der Waals surface area contributed by atoms with Gasteiger partial charge in [-0.25, -0.2) is 4.98 Å². The molecule has 2 N–H and O–H groups in total. The van der Waals surface area contributed by atoms with E-state index < -0.39 is 0 Å². The van der Waals surface area contributed by atoms with Crippen LogP contribution in [0.15, 0.2) is 45.9 Å². The lowest BCUT2D eigenvalue weighted by Gasteiger charge is -2.06. The maximum atomic E-state index is 11.7.